The minimum Gasteiger partial charge on any atom is -0.262 e. The largest absolute Gasteiger partial charge is 0.262 e. The van der Waals surface area contributed by atoms with Gasteiger partial charge in [0.25, 0.3) is 0 Å². The zero-order valence-corrected chi connectivity index (χ0v) is 5.89. The van der Waals surface area contributed by atoms with Crippen LogP contribution < -0.4 is 5.46 Å². The Morgan fingerprint density at radius 1 is 1.56 bits per heavy atom. The molecule has 1 heterocycles. The second-order valence-corrected chi connectivity index (χ2v) is 2.16. The number of rotatable bonds is 1. The minimum absolute atomic E-state index is 1.10. The molecule has 1 nitrogen and oxygen atoms in total. The van der Waals surface area contributed by atoms with E-state index in [1.807, 2.05) is 19.2 Å². The highest BCUT2D eigenvalue weighted by Crippen LogP contribution is 1.85. The van der Waals surface area contributed by atoms with Crippen molar-refractivity contribution in [2.24, 2.45) is 0 Å². The van der Waals surface area contributed by atoms with Crippen LogP contribution in [-0.4, -0.2) is 12.3 Å². The van der Waals surface area contributed by atoms with Crippen LogP contribution >= 0.6 is 0 Å². The number of hydrogen-bond donors (Lipinski definition) is 0. The Morgan fingerprint density at radius 3 is 2.78 bits per heavy atom. The number of aromatic nitrogens is 1. The van der Waals surface area contributed by atoms with Crippen molar-refractivity contribution >= 4 is 12.7 Å². The number of pyridine rings is 1. The van der Waals surface area contributed by atoms with Gasteiger partial charge in [-0.15, -0.1) is 0 Å². The van der Waals surface area contributed by atoms with Crippen molar-refractivity contribution in [2.75, 3.05) is 0 Å². The Morgan fingerprint density at radius 2 is 2.33 bits per heavy atom. The van der Waals surface area contributed by atoms with E-state index in [-0.39, 0.29) is 0 Å². The van der Waals surface area contributed by atoms with Crippen molar-refractivity contribution < 1.29 is 0 Å². The Hall–Kier alpha value is -0.785. The molecular weight excluding hydrogens is 109 g/mol. The smallest absolute Gasteiger partial charge is 0.154 e. The van der Waals surface area contributed by atoms with E-state index < -0.39 is 0 Å². The lowest BCUT2D eigenvalue weighted by Crippen LogP contribution is -2.10. The first-order valence-electron chi connectivity index (χ1n) is 3.24. The van der Waals surface area contributed by atoms with E-state index in [1.54, 1.807) is 0 Å². The topological polar surface area (TPSA) is 12.9 Å². The van der Waals surface area contributed by atoms with Crippen molar-refractivity contribution in [3.05, 3.63) is 24.0 Å². The second-order valence-electron chi connectivity index (χ2n) is 2.16. The molecule has 0 amide bonds. The molecule has 0 radical (unpaired) electrons. The molecule has 0 aliphatic heterocycles. The fraction of sp³-hybridized carbons (Fsp3) is 0.286. The van der Waals surface area contributed by atoms with Crippen LogP contribution in [-0.2, 0) is 0 Å². The third-order valence-electron chi connectivity index (χ3n) is 1.37. The van der Waals surface area contributed by atoms with Crippen molar-refractivity contribution in [2.45, 2.75) is 13.7 Å². The first-order chi connectivity index (χ1) is 4.33. The van der Waals surface area contributed by atoms with Crippen molar-refractivity contribution in [3.8, 4) is 0 Å². The van der Waals surface area contributed by atoms with Crippen LogP contribution in [0, 0.1) is 6.92 Å². The van der Waals surface area contributed by atoms with Gasteiger partial charge in [0.1, 0.15) is 0 Å². The van der Waals surface area contributed by atoms with Crippen molar-refractivity contribution in [1.29, 1.82) is 0 Å². The lowest BCUT2D eigenvalue weighted by molar-refractivity contribution is 1.21. The third kappa shape index (κ3) is 1.56. The molecule has 9 heavy (non-hydrogen) atoms. The summed E-state index contributed by atoms with van der Waals surface area (Å²) in [6.07, 6.45) is 1.86. The Bertz CT molecular complexity index is 198. The van der Waals surface area contributed by atoms with E-state index in [4.69, 9.17) is 0 Å². The number of hydrogen-bond acceptors (Lipinski definition) is 1. The van der Waals surface area contributed by atoms with E-state index in [1.165, 1.54) is 5.46 Å². The van der Waals surface area contributed by atoms with E-state index >= 15 is 0 Å². The molecule has 0 unspecified atom stereocenters. The standard InChI is InChI=1S/C7H10BN/c1-6-5-7(8-2)3-4-9-6/h3-5,8H,1-2H3. The van der Waals surface area contributed by atoms with E-state index in [0.717, 1.165) is 13.0 Å². The van der Waals surface area contributed by atoms with Gasteiger partial charge in [0.15, 0.2) is 7.28 Å². The molecule has 46 valence electrons. The highest BCUT2D eigenvalue weighted by Gasteiger charge is 1.88. The molecule has 0 atom stereocenters. The van der Waals surface area contributed by atoms with Crippen molar-refractivity contribution in [3.63, 3.8) is 0 Å². The maximum absolute atomic E-state index is 4.09. The van der Waals surface area contributed by atoms with Crippen LogP contribution in [0.25, 0.3) is 0 Å². The molecule has 2 heteroatoms. The fourth-order valence-electron chi connectivity index (χ4n) is 0.824. The van der Waals surface area contributed by atoms with Gasteiger partial charge < -0.3 is 0 Å². The van der Waals surface area contributed by atoms with Gasteiger partial charge in [-0.05, 0) is 19.1 Å². The highest BCUT2D eigenvalue weighted by atomic mass is 14.6. The van der Waals surface area contributed by atoms with Crippen LogP contribution in [0.2, 0.25) is 6.82 Å². The molecule has 1 rings (SSSR count). The summed E-state index contributed by atoms with van der Waals surface area (Å²) >= 11 is 0. The lowest BCUT2D eigenvalue weighted by Gasteiger charge is -1.93. The van der Waals surface area contributed by atoms with E-state index in [9.17, 15) is 0 Å². The molecule has 0 fully saturated rings. The Balaban J connectivity index is 2.94. The summed E-state index contributed by atoms with van der Waals surface area (Å²) in [6.45, 7) is 4.16. The summed E-state index contributed by atoms with van der Waals surface area (Å²) in [5.74, 6) is 0. The molecule has 0 spiro atoms. The molecule has 1 aromatic rings. The van der Waals surface area contributed by atoms with Crippen LogP contribution in [0.15, 0.2) is 18.3 Å². The summed E-state index contributed by atoms with van der Waals surface area (Å²) in [5, 5.41) is 0. The number of nitrogens with zero attached hydrogens (tertiary/aromatic N) is 1. The maximum atomic E-state index is 4.09. The molecule has 1 aromatic heterocycles. The van der Waals surface area contributed by atoms with Crippen LogP contribution in [0.4, 0.5) is 0 Å². The van der Waals surface area contributed by atoms with Gasteiger partial charge in [-0.1, -0.05) is 12.3 Å². The van der Waals surface area contributed by atoms with Gasteiger partial charge >= 0.3 is 0 Å². The quantitative estimate of drug-likeness (QED) is 0.490. The zero-order chi connectivity index (χ0) is 6.69. The molecule has 0 saturated carbocycles. The lowest BCUT2D eigenvalue weighted by atomic mass is 9.74. The molecule has 0 aliphatic carbocycles. The molecule has 0 aliphatic rings. The summed E-state index contributed by atoms with van der Waals surface area (Å²) in [7, 11) is 1.10. The van der Waals surface area contributed by atoms with Gasteiger partial charge in [0, 0.05) is 11.9 Å². The summed E-state index contributed by atoms with van der Waals surface area (Å²) in [6, 6.07) is 4.16. The summed E-state index contributed by atoms with van der Waals surface area (Å²) in [5.41, 5.74) is 2.47. The average molecular weight is 119 g/mol. The first-order valence-corrected chi connectivity index (χ1v) is 3.24. The van der Waals surface area contributed by atoms with Gasteiger partial charge in [-0.3, -0.25) is 4.98 Å². The summed E-state index contributed by atoms with van der Waals surface area (Å²) < 4.78 is 0. The molecule has 0 saturated heterocycles. The third-order valence-corrected chi connectivity index (χ3v) is 1.37. The molecular formula is C7H10BN. The number of aryl methyl sites for hydroxylation is 1. The normalized spacial score (nSPS) is 9.11. The second kappa shape index (κ2) is 2.67. The first kappa shape index (κ1) is 6.34. The predicted octanol–water partition coefficient (Wildman–Crippen LogP) is 0.500. The zero-order valence-electron chi connectivity index (χ0n) is 5.89. The SMILES string of the molecule is CBc1ccnc(C)c1. The average Bonchev–Trinajstić information content (AvgIpc) is 1.88. The Labute approximate surface area is 56.4 Å². The van der Waals surface area contributed by atoms with Gasteiger partial charge in [0.05, 0.1) is 0 Å². The van der Waals surface area contributed by atoms with Gasteiger partial charge in [0.2, 0.25) is 0 Å². The Kier molecular flexibility index (Phi) is 1.88. The molecule has 0 N–H and O–H groups in total. The van der Waals surface area contributed by atoms with Crippen LogP contribution in [0.5, 0.6) is 0 Å². The van der Waals surface area contributed by atoms with Gasteiger partial charge in [-0.2, -0.15) is 0 Å². The van der Waals surface area contributed by atoms with Gasteiger partial charge in [-0.25, -0.2) is 0 Å². The van der Waals surface area contributed by atoms with Crippen molar-refractivity contribution in [1.82, 2.24) is 4.98 Å². The molecule has 0 aromatic carbocycles. The summed E-state index contributed by atoms with van der Waals surface area (Å²) in [4.78, 5) is 4.09. The highest BCUT2D eigenvalue weighted by molar-refractivity contribution is 6.51. The maximum Gasteiger partial charge on any atom is 0.154 e. The molecule has 0 bridgehead atoms. The monoisotopic (exact) mass is 119 g/mol. The minimum atomic E-state index is 1.10. The fourth-order valence-corrected chi connectivity index (χ4v) is 0.824. The van der Waals surface area contributed by atoms with E-state index in [0.29, 0.717) is 0 Å². The predicted molar refractivity (Wildman–Crippen MR) is 41.6 cm³/mol. The van der Waals surface area contributed by atoms with Crippen LogP contribution in [0.3, 0.4) is 0 Å². The van der Waals surface area contributed by atoms with E-state index in [2.05, 4.69) is 17.9 Å². The van der Waals surface area contributed by atoms with Crippen LogP contribution in [0.1, 0.15) is 5.69 Å².